The van der Waals surface area contributed by atoms with E-state index in [1.807, 2.05) is 0 Å². The molecule has 0 bridgehead atoms. The molecule has 0 atom stereocenters. The van der Waals surface area contributed by atoms with Crippen LogP contribution in [0.3, 0.4) is 0 Å². The van der Waals surface area contributed by atoms with Crippen LogP contribution in [0.4, 0.5) is 0 Å². The normalized spacial score (nSPS) is 2.40. The second kappa shape index (κ2) is 66.5. The molecule has 2 nitrogen and oxygen atoms in total. The fraction of sp³-hybridized carbons (Fsp3) is 0. The Kier molecular flexibility index (Phi) is 218. The molecule has 0 aromatic rings. The fourth-order valence-corrected chi connectivity index (χ4v) is 0. The molecule has 5 heavy (non-hydrogen) atoms. The van der Waals surface area contributed by atoms with Crippen LogP contribution < -0.4 is 0 Å². The van der Waals surface area contributed by atoms with Crippen LogP contribution in [0, 0.1) is 0 Å². The van der Waals surface area contributed by atoms with Gasteiger partial charge in [0.2, 0.25) is 0 Å². The minimum absolute atomic E-state index is 0. The van der Waals surface area contributed by atoms with Gasteiger partial charge in [-0.05, 0) is 0 Å². The van der Waals surface area contributed by atoms with Gasteiger partial charge in [0.25, 0.3) is 0 Å². The molecule has 0 saturated carbocycles. The fourth-order valence-electron chi connectivity index (χ4n) is 0. The van der Waals surface area contributed by atoms with E-state index < -0.39 is 0 Å². The summed E-state index contributed by atoms with van der Waals surface area (Å²) in [6.45, 7) is 0. The molecule has 0 spiro atoms. The minimum atomic E-state index is 0. The van der Waals surface area contributed by atoms with Gasteiger partial charge < -0.3 is 0 Å². The van der Waals surface area contributed by atoms with Crippen LogP contribution in [0.15, 0.2) is 0 Å². The van der Waals surface area contributed by atoms with Gasteiger partial charge in [0, 0.05) is 0 Å². The Morgan fingerprint density at radius 2 is 0.800 bits per heavy atom. The molecule has 0 unspecified atom stereocenters. The summed E-state index contributed by atoms with van der Waals surface area (Å²) in [5.74, 6) is 0. The standard InChI is InChI=1S/3Cu.2O/q2*-1;+2;;. The van der Waals surface area contributed by atoms with Gasteiger partial charge >= 0.3 is 56.6 Å². The molecule has 0 fully saturated rings. The molecule has 0 saturated heterocycles. The Bertz CT molecular complexity index is 6.85. The second-order valence-corrected chi connectivity index (χ2v) is 0. The van der Waals surface area contributed by atoms with E-state index in [2.05, 4.69) is 31.9 Å². The van der Waals surface area contributed by atoms with Crippen molar-refractivity contribution in [3.8, 4) is 0 Å². The molecular weight excluding hydrogens is 223 g/mol. The van der Waals surface area contributed by atoms with Crippen molar-refractivity contribution in [3.05, 3.63) is 0 Å². The van der Waals surface area contributed by atoms with E-state index in [-0.39, 0.29) is 17.1 Å². The summed E-state index contributed by atoms with van der Waals surface area (Å²) in [7, 11) is 0. The summed E-state index contributed by atoms with van der Waals surface area (Å²) >= 11 is 5.88. The molecule has 0 aromatic heterocycles. The van der Waals surface area contributed by atoms with Gasteiger partial charge in [-0.3, -0.25) is 0 Å². The van der Waals surface area contributed by atoms with Crippen LogP contribution in [-0.4, -0.2) is 0 Å². The number of hydrogen-bond donors (Lipinski definition) is 0. The summed E-state index contributed by atoms with van der Waals surface area (Å²) in [6, 6.07) is 0. The van der Waals surface area contributed by atoms with Crippen molar-refractivity contribution < 1.29 is 56.6 Å². The van der Waals surface area contributed by atoms with E-state index >= 15 is 0 Å². The Balaban J connectivity index is -0.0000000133. The maximum atomic E-state index is 7.81. The zero-order valence-corrected chi connectivity index (χ0v) is 4.55. The third-order valence-corrected chi connectivity index (χ3v) is 0. The van der Waals surface area contributed by atoms with Gasteiger partial charge in [-0.15, -0.1) is 0 Å². The average molecular weight is 223 g/mol. The van der Waals surface area contributed by atoms with Gasteiger partial charge in [0.15, 0.2) is 0 Å². The number of hydrogen-bond acceptors (Lipinski definition) is 2. The monoisotopic (exact) mass is 221 g/mol. The van der Waals surface area contributed by atoms with Crippen molar-refractivity contribution >= 4 is 0 Å². The quantitative estimate of drug-likeness (QED) is 0.530. The van der Waals surface area contributed by atoms with Crippen LogP contribution in [0.2, 0.25) is 0 Å². The summed E-state index contributed by atoms with van der Waals surface area (Å²) in [5.41, 5.74) is 0. The predicted octanol–water partition coefficient (Wildman–Crippen LogP) is -0.245. The van der Waals surface area contributed by atoms with Gasteiger partial charge in [-0.25, -0.2) is 0 Å². The first-order valence-corrected chi connectivity index (χ1v) is 1.02. The van der Waals surface area contributed by atoms with Crippen LogP contribution in [0.1, 0.15) is 0 Å². The topological polar surface area (TPSA) is 34.1 Å². The van der Waals surface area contributed by atoms with E-state index in [4.69, 9.17) is 7.67 Å². The van der Waals surface area contributed by atoms with Gasteiger partial charge in [0.05, 0.1) is 0 Å². The molecule has 0 rings (SSSR count). The first kappa shape index (κ1) is 16.4. The van der Waals surface area contributed by atoms with E-state index in [0.717, 1.165) is 0 Å². The zero-order chi connectivity index (χ0) is 4.00. The van der Waals surface area contributed by atoms with Crippen molar-refractivity contribution in [1.82, 2.24) is 0 Å². The van der Waals surface area contributed by atoms with E-state index in [9.17, 15) is 0 Å². The van der Waals surface area contributed by atoms with E-state index in [0.29, 0.717) is 0 Å². The van der Waals surface area contributed by atoms with Gasteiger partial charge in [0.1, 0.15) is 0 Å². The molecule has 45 valence electrons. The van der Waals surface area contributed by atoms with Crippen molar-refractivity contribution in [3.63, 3.8) is 0 Å². The summed E-state index contributed by atoms with van der Waals surface area (Å²) < 4.78 is 15.6. The third-order valence-electron chi connectivity index (χ3n) is 0. The average Bonchev–Trinajstić information content (AvgIpc) is 1.50. The van der Waals surface area contributed by atoms with Gasteiger partial charge in [-0.2, -0.15) is 0 Å². The molecule has 5 heteroatoms. The summed E-state index contributed by atoms with van der Waals surface area (Å²) in [4.78, 5) is 0. The molecule has 0 heterocycles. The van der Waals surface area contributed by atoms with E-state index in [1.165, 1.54) is 0 Å². The van der Waals surface area contributed by atoms with Crippen LogP contribution in [0.25, 0.3) is 0 Å². The molecule has 0 aromatic carbocycles. The van der Waals surface area contributed by atoms with Crippen molar-refractivity contribution in [2.24, 2.45) is 0 Å². The summed E-state index contributed by atoms with van der Waals surface area (Å²) in [6.07, 6.45) is 0. The molecule has 1 radical (unpaired) electrons. The molecule has 0 aliphatic carbocycles. The summed E-state index contributed by atoms with van der Waals surface area (Å²) in [5, 5.41) is 0. The van der Waals surface area contributed by atoms with Crippen molar-refractivity contribution in [2.45, 2.75) is 0 Å². The predicted molar refractivity (Wildman–Crippen MR) is 1.37 cm³/mol. The first-order chi connectivity index (χ1) is 2.00. The van der Waals surface area contributed by atoms with E-state index in [1.54, 1.807) is 0 Å². The van der Waals surface area contributed by atoms with Crippen molar-refractivity contribution in [1.29, 1.82) is 0 Å². The molecule has 0 aliphatic heterocycles. The first-order valence-electron chi connectivity index (χ1n) is 0.246. The SMILES string of the molecule is [Cu+2].[O]=[Cu-].[O]=[Cu-]. The maximum absolute atomic E-state index is 7.81. The molecule has 0 N–H and O–H groups in total. The van der Waals surface area contributed by atoms with Crippen LogP contribution >= 0.6 is 0 Å². The Hall–Kier alpha value is 1.16. The Morgan fingerprint density at radius 3 is 0.800 bits per heavy atom. The number of rotatable bonds is 0. The molecule has 0 aliphatic rings. The van der Waals surface area contributed by atoms with Crippen LogP contribution in [-0.2, 0) is 56.6 Å². The van der Waals surface area contributed by atoms with Crippen LogP contribution in [0.5, 0.6) is 0 Å². The Morgan fingerprint density at radius 1 is 0.800 bits per heavy atom. The molecule has 0 amide bonds. The second-order valence-electron chi connectivity index (χ2n) is 0. The Labute approximate surface area is 56.6 Å². The zero-order valence-electron chi connectivity index (χ0n) is 1.72. The van der Waals surface area contributed by atoms with Crippen molar-refractivity contribution in [2.75, 3.05) is 0 Å². The molecular formula is Cu3O2. The third kappa shape index (κ3) is 38.3. The van der Waals surface area contributed by atoms with Gasteiger partial charge in [-0.1, -0.05) is 0 Å².